The number of hydrogen-bond donors (Lipinski definition) is 3. The molecule has 1 aromatic rings. The van der Waals surface area contributed by atoms with Crippen LogP contribution in [0.25, 0.3) is 0 Å². The van der Waals surface area contributed by atoms with Crippen molar-refractivity contribution in [1.29, 1.82) is 0 Å². The molecule has 0 aliphatic carbocycles. The Morgan fingerprint density at radius 1 is 1.44 bits per heavy atom. The third kappa shape index (κ3) is 3.25. The van der Waals surface area contributed by atoms with Gasteiger partial charge in [0.15, 0.2) is 6.10 Å². The van der Waals surface area contributed by atoms with Gasteiger partial charge in [-0.1, -0.05) is 0 Å². The molecular formula is C11H13NO6. The zero-order valence-electron chi connectivity index (χ0n) is 9.61. The van der Waals surface area contributed by atoms with Gasteiger partial charge in [0.2, 0.25) is 0 Å². The summed E-state index contributed by atoms with van der Waals surface area (Å²) in [7, 11) is 0. The second kappa shape index (κ2) is 6.08. The molecule has 0 bridgehead atoms. The summed E-state index contributed by atoms with van der Waals surface area (Å²) in [5, 5.41) is 28.0. The summed E-state index contributed by atoms with van der Waals surface area (Å²) in [6, 6.07) is 2.38. The van der Waals surface area contributed by atoms with E-state index in [0.29, 0.717) is 0 Å². The molecule has 0 aromatic carbocycles. The summed E-state index contributed by atoms with van der Waals surface area (Å²) in [5.74, 6) is -2.24. The lowest BCUT2D eigenvalue weighted by Crippen LogP contribution is -2.30. The molecule has 1 heterocycles. The number of aliphatic hydroxyl groups is 2. The molecule has 1 rings (SSSR count). The second-order valence-corrected chi connectivity index (χ2v) is 3.42. The van der Waals surface area contributed by atoms with E-state index in [9.17, 15) is 19.8 Å². The fourth-order valence-electron chi connectivity index (χ4n) is 1.29. The van der Waals surface area contributed by atoms with E-state index in [2.05, 4.69) is 9.72 Å². The fraction of sp³-hybridized carbons (Fsp3) is 0.364. The highest BCUT2D eigenvalue weighted by Crippen LogP contribution is 2.18. The van der Waals surface area contributed by atoms with Gasteiger partial charge in [-0.15, -0.1) is 0 Å². The molecule has 2 atom stereocenters. The summed E-state index contributed by atoms with van der Waals surface area (Å²) in [6.45, 7) is 1.63. The highest BCUT2D eigenvalue weighted by atomic mass is 16.5. The van der Waals surface area contributed by atoms with E-state index in [1.54, 1.807) is 6.92 Å². The first-order chi connectivity index (χ1) is 8.47. The average Bonchev–Trinajstić information content (AvgIpc) is 2.37. The van der Waals surface area contributed by atoms with Crippen molar-refractivity contribution in [2.45, 2.75) is 19.1 Å². The van der Waals surface area contributed by atoms with E-state index in [1.165, 1.54) is 12.3 Å². The SMILES string of the molecule is CCOC(=O)C(O)C(O)c1ccnc(C(=O)O)c1. The van der Waals surface area contributed by atoms with Crippen LogP contribution in [0.2, 0.25) is 0 Å². The molecule has 2 unspecified atom stereocenters. The van der Waals surface area contributed by atoms with Crippen LogP contribution < -0.4 is 0 Å². The Morgan fingerprint density at radius 2 is 2.11 bits per heavy atom. The Hall–Kier alpha value is -1.99. The maximum atomic E-state index is 11.2. The number of carbonyl (C=O) groups excluding carboxylic acids is 1. The predicted molar refractivity (Wildman–Crippen MR) is 58.8 cm³/mol. The van der Waals surface area contributed by atoms with Crippen LogP contribution in [0.5, 0.6) is 0 Å². The Kier molecular flexibility index (Phi) is 4.75. The van der Waals surface area contributed by atoms with E-state index in [4.69, 9.17) is 5.11 Å². The summed E-state index contributed by atoms with van der Waals surface area (Å²) >= 11 is 0. The largest absolute Gasteiger partial charge is 0.477 e. The minimum atomic E-state index is -1.77. The fourth-order valence-corrected chi connectivity index (χ4v) is 1.29. The first-order valence-corrected chi connectivity index (χ1v) is 5.19. The minimum Gasteiger partial charge on any atom is -0.477 e. The molecule has 18 heavy (non-hydrogen) atoms. The van der Waals surface area contributed by atoms with Crippen molar-refractivity contribution in [3.05, 3.63) is 29.6 Å². The van der Waals surface area contributed by atoms with Gasteiger partial charge >= 0.3 is 11.9 Å². The number of esters is 1. The number of aromatic carboxylic acids is 1. The normalized spacial score (nSPS) is 13.7. The summed E-state index contributed by atoms with van der Waals surface area (Å²) in [4.78, 5) is 25.4. The van der Waals surface area contributed by atoms with E-state index < -0.39 is 24.1 Å². The van der Waals surface area contributed by atoms with Crippen molar-refractivity contribution in [3.63, 3.8) is 0 Å². The van der Waals surface area contributed by atoms with E-state index in [-0.39, 0.29) is 17.9 Å². The lowest BCUT2D eigenvalue weighted by atomic mass is 10.0. The van der Waals surface area contributed by atoms with Crippen LogP contribution in [0.15, 0.2) is 18.3 Å². The van der Waals surface area contributed by atoms with Gasteiger partial charge in [0.05, 0.1) is 6.61 Å². The second-order valence-electron chi connectivity index (χ2n) is 3.42. The van der Waals surface area contributed by atoms with Gasteiger partial charge in [-0.25, -0.2) is 14.6 Å². The van der Waals surface area contributed by atoms with Gasteiger partial charge < -0.3 is 20.1 Å². The third-order valence-corrected chi connectivity index (χ3v) is 2.17. The molecule has 7 heteroatoms. The first-order valence-electron chi connectivity index (χ1n) is 5.19. The summed E-state index contributed by atoms with van der Waals surface area (Å²) < 4.78 is 4.54. The van der Waals surface area contributed by atoms with Gasteiger partial charge in [-0.3, -0.25) is 0 Å². The average molecular weight is 255 g/mol. The van der Waals surface area contributed by atoms with E-state index in [0.717, 1.165) is 6.07 Å². The van der Waals surface area contributed by atoms with Crippen LogP contribution in [0.1, 0.15) is 29.1 Å². The number of carboxylic acid groups (broad SMARTS) is 1. The smallest absolute Gasteiger partial charge is 0.354 e. The van der Waals surface area contributed by atoms with Crippen molar-refractivity contribution < 1.29 is 29.6 Å². The summed E-state index contributed by atoms with van der Waals surface area (Å²) in [5.41, 5.74) is -0.217. The Morgan fingerprint density at radius 3 is 2.67 bits per heavy atom. The van der Waals surface area contributed by atoms with Crippen molar-refractivity contribution in [1.82, 2.24) is 4.98 Å². The molecule has 0 amide bonds. The molecule has 0 spiro atoms. The van der Waals surface area contributed by atoms with Crippen LogP contribution in [-0.2, 0) is 9.53 Å². The highest BCUT2D eigenvalue weighted by molar-refractivity contribution is 5.85. The Bertz CT molecular complexity index is 447. The van der Waals surface area contributed by atoms with Gasteiger partial charge in [-0.2, -0.15) is 0 Å². The molecule has 1 aromatic heterocycles. The molecule has 0 aliphatic heterocycles. The Balaban J connectivity index is 2.89. The van der Waals surface area contributed by atoms with Gasteiger partial charge in [0, 0.05) is 6.20 Å². The zero-order chi connectivity index (χ0) is 13.7. The third-order valence-electron chi connectivity index (χ3n) is 2.17. The van der Waals surface area contributed by atoms with Crippen LogP contribution in [0.3, 0.4) is 0 Å². The molecule has 98 valence electrons. The van der Waals surface area contributed by atoms with Crippen molar-refractivity contribution in [3.8, 4) is 0 Å². The number of hydrogen-bond acceptors (Lipinski definition) is 6. The number of carbonyl (C=O) groups is 2. The first kappa shape index (κ1) is 14.1. The number of ether oxygens (including phenoxy) is 1. The number of carboxylic acids is 1. The molecule has 0 aliphatic rings. The Labute approximate surface area is 103 Å². The number of pyridine rings is 1. The molecule has 0 saturated carbocycles. The van der Waals surface area contributed by atoms with Crippen molar-refractivity contribution >= 4 is 11.9 Å². The topological polar surface area (TPSA) is 117 Å². The number of nitrogens with zero attached hydrogens (tertiary/aromatic N) is 1. The minimum absolute atomic E-state index is 0.0688. The van der Waals surface area contributed by atoms with Crippen LogP contribution in [0, 0.1) is 0 Å². The maximum Gasteiger partial charge on any atom is 0.354 e. The standard InChI is InChI=1S/C11H13NO6/c1-2-18-11(17)9(14)8(13)6-3-4-12-7(5-6)10(15)16/h3-5,8-9,13-14H,2H2,1H3,(H,15,16). The van der Waals surface area contributed by atoms with Crippen molar-refractivity contribution in [2.75, 3.05) is 6.61 Å². The van der Waals surface area contributed by atoms with Crippen LogP contribution in [0.4, 0.5) is 0 Å². The monoisotopic (exact) mass is 255 g/mol. The van der Waals surface area contributed by atoms with E-state index in [1.807, 2.05) is 0 Å². The number of aliphatic hydroxyl groups excluding tert-OH is 2. The zero-order valence-corrected chi connectivity index (χ0v) is 9.61. The molecular weight excluding hydrogens is 242 g/mol. The van der Waals surface area contributed by atoms with E-state index >= 15 is 0 Å². The van der Waals surface area contributed by atoms with Gasteiger partial charge in [-0.05, 0) is 24.6 Å². The van der Waals surface area contributed by atoms with Crippen molar-refractivity contribution in [2.24, 2.45) is 0 Å². The van der Waals surface area contributed by atoms with Crippen LogP contribution >= 0.6 is 0 Å². The lowest BCUT2D eigenvalue weighted by Gasteiger charge is -2.16. The molecule has 7 nitrogen and oxygen atoms in total. The van der Waals surface area contributed by atoms with Gasteiger partial charge in [0.25, 0.3) is 0 Å². The number of rotatable bonds is 5. The molecule has 0 fully saturated rings. The predicted octanol–water partition coefficient (Wildman–Crippen LogP) is -0.263. The van der Waals surface area contributed by atoms with Crippen LogP contribution in [-0.4, -0.2) is 45.0 Å². The molecule has 0 saturated heterocycles. The van der Waals surface area contributed by atoms with Gasteiger partial charge in [0.1, 0.15) is 11.8 Å². The lowest BCUT2D eigenvalue weighted by molar-refractivity contribution is -0.159. The highest BCUT2D eigenvalue weighted by Gasteiger charge is 2.27. The quantitative estimate of drug-likeness (QED) is 0.620. The number of aromatic nitrogens is 1. The molecule has 3 N–H and O–H groups in total. The maximum absolute atomic E-state index is 11.2. The molecule has 0 radical (unpaired) electrons. The summed E-state index contributed by atoms with van der Waals surface area (Å²) in [6.07, 6.45) is -2.17.